The fraction of sp³-hybridized carbons (Fsp3) is 0.611. The summed E-state index contributed by atoms with van der Waals surface area (Å²) < 4.78 is 0. The van der Waals surface area contributed by atoms with Crippen molar-refractivity contribution in [1.29, 1.82) is 0 Å². The van der Waals surface area contributed by atoms with E-state index in [-0.39, 0.29) is 11.3 Å². The van der Waals surface area contributed by atoms with E-state index in [4.69, 9.17) is 0 Å². The maximum atomic E-state index is 12.9. The van der Waals surface area contributed by atoms with Crippen LogP contribution in [0.4, 0.5) is 5.69 Å². The predicted molar refractivity (Wildman–Crippen MR) is 91.2 cm³/mol. The highest BCUT2D eigenvalue weighted by molar-refractivity contribution is 7.80. The third-order valence-corrected chi connectivity index (χ3v) is 6.06. The van der Waals surface area contributed by atoms with E-state index < -0.39 is 5.41 Å². The van der Waals surface area contributed by atoms with Crippen LogP contribution in [0.5, 0.6) is 0 Å². The van der Waals surface area contributed by atoms with E-state index in [0.29, 0.717) is 0 Å². The molecule has 0 N–H and O–H groups in total. The van der Waals surface area contributed by atoms with Gasteiger partial charge in [-0.15, -0.1) is 0 Å². The molecule has 0 unspecified atom stereocenters. The van der Waals surface area contributed by atoms with E-state index in [1.54, 1.807) is 0 Å². The molecule has 1 amide bonds. The van der Waals surface area contributed by atoms with Crippen molar-refractivity contribution < 1.29 is 4.79 Å². The summed E-state index contributed by atoms with van der Waals surface area (Å²) in [7, 11) is 0. The van der Waals surface area contributed by atoms with Crippen molar-refractivity contribution in [3.05, 3.63) is 29.8 Å². The van der Waals surface area contributed by atoms with Crippen LogP contribution in [0.3, 0.4) is 0 Å². The molecule has 1 heterocycles. The van der Waals surface area contributed by atoms with Crippen molar-refractivity contribution in [3.8, 4) is 0 Å². The Bertz CT molecular complexity index is 546. The van der Waals surface area contributed by atoms with Crippen molar-refractivity contribution in [2.24, 2.45) is 5.41 Å². The van der Waals surface area contributed by atoms with Crippen LogP contribution in [-0.4, -0.2) is 18.2 Å². The SMILES string of the molecule is CC1(C)C(=O)N(CC2(CS)CCCCC2)c2ccccc21. The Morgan fingerprint density at radius 2 is 1.81 bits per heavy atom. The van der Waals surface area contributed by atoms with Crippen molar-refractivity contribution in [2.75, 3.05) is 17.2 Å². The largest absolute Gasteiger partial charge is 0.311 e. The molecule has 2 nitrogen and oxygen atoms in total. The second-order valence-corrected chi connectivity index (χ2v) is 7.57. The van der Waals surface area contributed by atoms with Crippen molar-refractivity contribution >= 4 is 24.2 Å². The number of carbonyl (C=O) groups is 1. The molecule has 1 saturated carbocycles. The van der Waals surface area contributed by atoms with Gasteiger partial charge in [0, 0.05) is 12.2 Å². The Balaban J connectivity index is 1.94. The molecule has 2 aliphatic rings. The van der Waals surface area contributed by atoms with Gasteiger partial charge in [0.1, 0.15) is 0 Å². The lowest BCUT2D eigenvalue weighted by Gasteiger charge is -2.39. The van der Waals surface area contributed by atoms with E-state index in [1.165, 1.54) is 37.7 Å². The summed E-state index contributed by atoms with van der Waals surface area (Å²) in [6, 6.07) is 8.26. The Kier molecular flexibility index (Phi) is 3.81. The normalized spacial score (nSPS) is 23.2. The van der Waals surface area contributed by atoms with Gasteiger partial charge in [-0.25, -0.2) is 0 Å². The second kappa shape index (κ2) is 5.35. The zero-order chi connectivity index (χ0) is 15.1. The van der Waals surface area contributed by atoms with Gasteiger partial charge < -0.3 is 4.90 Å². The highest BCUT2D eigenvalue weighted by Crippen LogP contribution is 2.45. The number of fused-ring (bicyclic) bond motifs is 1. The third-order valence-electron chi connectivity index (χ3n) is 5.39. The van der Waals surface area contributed by atoms with Crippen molar-refractivity contribution in [2.45, 2.75) is 51.4 Å². The Labute approximate surface area is 133 Å². The first kappa shape index (κ1) is 15.0. The van der Waals surface area contributed by atoms with Gasteiger partial charge in [-0.05, 0) is 49.5 Å². The van der Waals surface area contributed by atoms with Crippen LogP contribution in [0.2, 0.25) is 0 Å². The maximum absolute atomic E-state index is 12.9. The Hall–Kier alpha value is -0.960. The van der Waals surface area contributed by atoms with Gasteiger partial charge in [0.2, 0.25) is 5.91 Å². The molecule has 1 aliphatic heterocycles. The summed E-state index contributed by atoms with van der Waals surface area (Å²) in [6.45, 7) is 4.92. The zero-order valence-electron chi connectivity index (χ0n) is 13.1. The Morgan fingerprint density at radius 3 is 2.48 bits per heavy atom. The van der Waals surface area contributed by atoms with E-state index >= 15 is 0 Å². The molecule has 114 valence electrons. The van der Waals surface area contributed by atoms with Crippen LogP contribution >= 0.6 is 12.6 Å². The number of thiol groups is 1. The minimum atomic E-state index is -0.400. The molecule has 0 bridgehead atoms. The molecule has 0 aromatic heterocycles. The molecular formula is C18H25NOS. The summed E-state index contributed by atoms with van der Waals surface area (Å²) in [5.74, 6) is 1.12. The third kappa shape index (κ3) is 2.40. The zero-order valence-corrected chi connectivity index (χ0v) is 14.0. The minimum absolute atomic E-state index is 0.199. The number of hydrogen-bond acceptors (Lipinski definition) is 2. The lowest BCUT2D eigenvalue weighted by atomic mass is 9.75. The maximum Gasteiger partial charge on any atom is 0.237 e. The van der Waals surface area contributed by atoms with Crippen molar-refractivity contribution in [3.63, 3.8) is 0 Å². The molecule has 1 aromatic carbocycles. The quantitative estimate of drug-likeness (QED) is 0.830. The number of anilines is 1. The average Bonchev–Trinajstić information content (AvgIpc) is 2.70. The van der Waals surface area contributed by atoms with E-state index in [9.17, 15) is 4.79 Å². The lowest BCUT2D eigenvalue weighted by molar-refractivity contribution is -0.122. The standard InChI is InChI=1S/C18H25NOS/c1-17(2)14-8-4-5-9-15(14)19(16(17)20)12-18(13-21)10-6-3-7-11-18/h4-5,8-9,21H,3,6-7,10-13H2,1-2H3. The number of nitrogens with zero attached hydrogens (tertiary/aromatic N) is 1. The first-order valence-corrected chi connectivity index (χ1v) is 8.66. The topological polar surface area (TPSA) is 20.3 Å². The van der Waals surface area contributed by atoms with Gasteiger partial charge >= 0.3 is 0 Å². The minimum Gasteiger partial charge on any atom is -0.311 e. The number of benzene rings is 1. The molecule has 0 saturated heterocycles. The summed E-state index contributed by atoms with van der Waals surface area (Å²) in [5.41, 5.74) is 2.08. The van der Waals surface area contributed by atoms with E-state index in [1.807, 2.05) is 30.9 Å². The smallest absolute Gasteiger partial charge is 0.237 e. The molecule has 3 rings (SSSR count). The fourth-order valence-corrected chi connectivity index (χ4v) is 4.38. The van der Waals surface area contributed by atoms with Crippen LogP contribution in [0.25, 0.3) is 0 Å². The number of para-hydroxylation sites is 1. The highest BCUT2D eigenvalue weighted by atomic mass is 32.1. The van der Waals surface area contributed by atoms with Gasteiger partial charge in [-0.1, -0.05) is 37.5 Å². The molecule has 0 spiro atoms. The summed E-state index contributed by atoms with van der Waals surface area (Å²) in [6.07, 6.45) is 6.26. The van der Waals surface area contributed by atoms with Crippen LogP contribution < -0.4 is 4.90 Å². The Morgan fingerprint density at radius 1 is 1.14 bits per heavy atom. The molecule has 0 atom stereocenters. The molecule has 21 heavy (non-hydrogen) atoms. The first-order valence-electron chi connectivity index (χ1n) is 8.03. The second-order valence-electron chi connectivity index (χ2n) is 7.25. The molecule has 0 radical (unpaired) electrons. The number of carbonyl (C=O) groups excluding carboxylic acids is 1. The lowest BCUT2D eigenvalue weighted by Crippen LogP contribution is -2.45. The average molecular weight is 303 g/mol. The highest BCUT2D eigenvalue weighted by Gasteiger charge is 2.46. The summed E-state index contributed by atoms with van der Waals surface area (Å²) >= 11 is 4.63. The molecule has 3 heteroatoms. The first-order chi connectivity index (χ1) is 10.0. The number of rotatable bonds is 3. The monoisotopic (exact) mass is 303 g/mol. The number of amides is 1. The summed E-state index contributed by atoms with van der Waals surface area (Å²) in [5, 5.41) is 0. The van der Waals surface area contributed by atoms with E-state index in [2.05, 4.69) is 24.8 Å². The van der Waals surface area contributed by atoms with Gasteiger partial charge in [-0.3, -0.25) is 4.79 Å². The molecule has 1 fully saturated rings. The van der Waals surface area contributed by atoms with Crippen LogP contribution in [0.1, 0.15) is 51.5 Å². The van der Waals surface area contributed by atoms with Crippen LogP contribution in [0, 0.1) is 5.41 Å². The molecular weight excluding hydrogens is 278 g/mol. The molecule has 1 aliphatic carbocycles. The van der Waals surface area contributed by atoms with Gasteiger partial charge in [-0.2, -0.15) is 12.6 Å². The fourth-order valence-electron chi connectivity index (χ4n) is 3.96. The van der Waals surface area contributed by atoms with Crippen LogP contribution in [0.15, 0.2) is 24.3 Å². The van der Waals surface area contributed by atoms with Crippen molar-refractivity contribution in [1.82, 2.24) is 0 Å². The number of hydrogen-bond donors (Lipinski definition) is 1. The van der Waals surface area contributed by atoms with Crippen LogP contribution in [-0.2, 0) is 10.2 Å². The van der Waals surface area contributed by atoms with Gasteiger partial charge in [0.25, 0.3) is 0 Å². The van der Waals surface area contributed by atoms with Gasteiger partial charge in [0.05, 0.1) is 5.41 Å². The van der Waals surface area contributed by atoms with Gasteiger partial charge in [0.15, 0.2) is 0 Å². The van der Waals surface area contributed by atoms with E-state index in [0.717, 1.165) is 18.0 Å². The summed E-state index contributed by atoms with van der Waals surface area (Å²) in [4.78, 5) is 15.0. The predicted octanol–water partition coefficient (Wildman–Crippen LogP) is 4.19. The molecule has 1 aromatic rings.